The lowest BCUT2D eigenvalue weighted by Gasteiger charge is -2.28. The minimum Gasteiger partial charge on any atom is -0.466 e. The Morgan fingerprint density at radius 3 is 1.39 bits per heavy atom. The lowest BCUT2D eigenvalue weighted by molar-refractivity contribution is -0.158. The van der Waals surface area contributed by atoms with E-state index in [2.05, 4.69) is 0 Å². The van der Waals surface area contributed by atoms with Crippen LogP contribution in [0.3, 0.4) is 0 Å². The molecule has 0 heterocycles. The number of hydrogen-bond donors (Lipinski definition) is 0. The molecular formula is C17H30O6. The minimum atomic E-state index is -0.508. The van der Waals surface area contributed by atoms with Crippen LogP contribution in [-0.4, -0.2) is 37.7 Å². The topological polar surface area (TPSA) is 78.9 Å². The Morgan fingerprint density at radius 1 is 0.696 bits per heavy atom. The molecule has 0 N–H and O–H groups in total. The summed E-state index contributed by atoms with van der Waals surface area (Å²) < 4.78 is 15.1. The minimum absolute atomic E-state index is 0.275. The molecule has 0 aliphatic rings. The molecule has 134 valence electrons. The first-order valence-corrected chi connectivity index (χ1v) is 8.29. The van der Waals surface area contributed by atoms with Crippen molar-refractivity contribution in [3.8, 4) is 0 Å². The van der Waals surface area contributed by atoms with E-state index in [1.807, 2.05) is 0 Å². The van der Waals surface area contributed by atoms with E-state index in [4.69, 9.17) is 14.2 Å². The maximum atomic E-state index is 12.1. The summed E-state index contributed by atoms with van der Waals surface area (Å²) in [6.45, 7) is 11.2. The summed E-state index contributed by atoms with van der Waals surface area (Å²) in [5, 5.41) is 0. The number of carbonyl (C=O) groups is 3. The Bertz CT molecular complexity index is 369. The molecule has 0 rings (SSSR count). The van der Waals surface area contributed by atoms with Crippen molar-refractivity contribution in [2.24, 2.45) is 23.7 Å². The van der Waals surface area contributed by atoms with Crippen molar-refractivity contribution in [1.82, 2.24) is 0 Å². The van der Waals surface area contributed by atoms with E-state index in [9.17, 15) is 14.4 Å². The molecule has 6 heteroatoms. The molecule has 0 spiro atoms. The highest BCUT2D eigenvalue weighted by atomic mass is 16.5. The molecule has 6 nitrogen and oxygen atoms in total. The van der Waals surface area contributed by atoms with Gasteiger partial charge in [-0.2, -0.15) is 0 Å². The third-order valence-electron chi connectivity index (χ3n) is 3.92. The number of ether oxygens (including phenoxy) is 3. The zero-order valence-electron chi connectivity index (χ0n) is 15.1. The highest BCUT2D eigenvalue weighted by Gasteiger charge is 2.36. The van der Waals surface area contributed by atoms with Crippen molar-refractivity contribution in [2.75, 3.05) is 19.8 Å². The zero-order chi connectivity index (χ0) is 18.0. The summed E-state index contributed by atoms with van der Waals surface area (Å²) in [4.78, 5) is 36.0. The molecule has 3 atom stereocenters. The van der Waals surface area contributed by atoms with E-state index in [-0.39, 0.29) is 37.0 Å². The molecule has 0 amide bonds. The van der Waals surface area contributed by atoms with E-state index in [1.165, 1.54) is 0 Å². The van der Waals surface area contributed by atoms with Crippen LogP contribution in [0.1, 0.15) is 48.0 Å². The molecule has 0 bridgehead atoms. The summed E-state index contributed by atoms with van der Waals surface area (Å²) in [7, 11) is 0. The maximum absolute atomic E-state index is 12.1. The van der Waals surface area contributed by atoms with E-state index in [1.54, 1.807) is 41.5 Å². The summed E-state index contributed by atoms with van der Waals surface area (Å²) >= 11 is 0. The molecular weight excluding hydrogens is 300 g/mol. The second-order valence-electron chi connectivity index (χ2n) is 5.63. The summed E-state index contributed by atoms with van der Waals surface area (Å²) in [5.41, 5.74) is 0. The summed E-state index contributed by atoms with van der Waals surface area (Å²) in [5.74, 6) is -2.85. The largest absolute Gasteiger partial charge is 0.466 e. The van der Waals surface area contributed by atoms with Gasteiger partial charge >= 0.3 is 17.9 Å². The number of hydrogen-bond acceptors (Lipinski definition) is 6. The lowest BCUT2D eigenvalue weighted by Crippen LogP contribution is -2.35. The Kier molecular flexibility index (Phi) is 10.3. The first kappa shape index (κ1) is 21.4. The van der Waals surface area contributed by atoms with Gasteiger partial charge in [-0.25, -0.2) is 0 Å². The van der Waals surface area contributed by atoms with Gasteiger partial charge in [0, 0.05) is 0 Å². The molecule has 0 radical (unpaired) electrons. The van der Waals surface area contributed by atoms with Crippen molar-refractivity contribution in [3.05, 3.63) is 0 Å². The second kappa shape index (κ2) is 11.0. The van der Waals surface area contributed by atoms with Crippen LogP contribution in [-0.2, 0) is 28.6 Å². The van der Waals surface area contributed by atoms with Crippen LogP contribution in [0.15, 0.2) is 0 Å². The zero-order valence-corrected chi connectivity index (χ0v) is 15.1. The van der Waals surface area contributed by atoms with Crippen molar-refractivity contribution < 1.29 is 28.6 Å². The molecule has 0 fully saturated rings. The van der Waals surface area contributed by atoms with Gasteiger partial charge in [-0.3, -0.25) is 14.4 Å². The van der Waals surface area contributed by atoms with Gasteiger partial charge < -0.3 is 14.2 Å². The molecule has 3 unspecified atom stereocenters. The van der Waals surface area contributed by atoms with E-state index >= 15 is 0 Å². The molecule has 0 aromatic rings. The van der Waals surface area contributed by atoms with Gasteiger partial charge in [0.2, 0.25) is 0 Å². The van der Waals surface area contributed by atoms with E-state index < -0.39 is 17.8 Å². The number of rotatable bonds is 10. The Balaban J connectivity index is 5.16. The van der Waals surface area contributed by atoms with Crippen LogP contribution in [0, 0.1) is 23.7 Å². The highest BCUT2D eigenvalue weighted by Crippen LogP contribution is 2.30. The van der Waals surface area contributed by atoms with Gasteiger partial charge in [-0.05, 0) is 33.1 Å². The van der Waals surface area contributed by atoms with Crippen molar-refractivity contribution in [3.63, 3.8) is 0 Å². The van der Waals surface area contributed by atoms with Crippen LogP contribution in [0.5, 0.6) is 0 Å². The molecule has 0 saturated carbocycles. The standard InChI is InChI=1S/C17H30O6/c1-7-21-15(18)11(4)10-14(12(5)16(19)22-8-2)13(6)17(20)23-9-3/h11-14H,7-10H2,1-6H3. The van der Waals surface area contributed by atoms with Gasteiger partial charge in [-0.15, -0.1) is 0 Å². The van der Waals surface area contributed by atoms with E-state index in [0.29, 0.717) is 13.0 Å². The fraction of sp³-hybridized carbons (Fsp3) is 0.824. The predicted octanol–water partition coefficient (Wildman–Crippen LogP) is 2.59. The second-order valence-corrected chi connectivity index (χ2v) is 5.63. The van der Waals surface area contributed by atoms with Gasteiger partial charge in [0.1, 0.15) is 0 Å². The molecule has 0 aromatic carbocycles. The van der Waals surface area contributed by atoms with E-state index in [0.717, 1.165) is 0 Å². The van der Waals surface area contributed by atoms with Crippen molar-refractivity contribution in [2.45, 2.75) is 48.0 Å². The normalized spacial score (nSPS) is 15.9. The van der Waals surface area contributed by atoms with Gasteiger partial charge in [0.05, 0.1) is 37.6 Å². The SMILES string of the molecule is CCOC(=O)C(C)CC(C(C)C(=O)OCC)C(C)C(=O)OCC. The fourth-order valence-electron chi connectivity index (χ4n) is 2.53. The molecule has 0 aliphatic heterocycles. The number of carbonyl (C=O) groups excluding carboxylic acids is 3. The summed E-state index contributed by atoms with van der Waals surface area (Å²) in [6, 6.07) is 0. The Labute approximate surface area is 138 Å². The quantitative estimate of drug-likeness (QED) is 0.452. The first-order valence-electron chi connectivity index (χ1n) is 8.29. The highest BCUT2D eigenvalue weighted by molar-refractivity contribution is 5.77. The molecule has 0 saturated heterocycles. The fourth-order valence-corrected chi connectivity index (χ4v) is 2.53. The molecule has 23 heavy (non-hydrogen) atoms. The third-order valence-corrected chi connectivity index (χ3v) is 3.92. The maximum Gasteiger partial charge on any atom is 0.308 e. The van der Waals surface area contributed by atoms with Crippen LogP contribution in [0.4, 0.5) is 0 Å². The van der Waals surface area contributed by atoms with Gasteiger partial charge in [-0.1, -0.05) is 20.8 Å². The lowest BCUT2D eigenvalue weighted by atomic mass is 9.77. The molecule has 0 aliphatic carbocycles. The van der Waals surface area contributed by atoms with Crippen LogP contribution >= 0.6 is 0 Å². The Morgan fingerprint density at radius 2 is 1.04 bits per heavy atom. The third kappa shape index (κ3) is 7.01. The van der Waals surface area contributed by atoms with Crippen LogP contribution in [0.2, 0.25) is 0 Å². The monoisotopic (exact) mass is 330 g/mol. The summed E-state index contributed by atoms with van der Waals surface area (Å²) in [6.07, 6.45) is 0.360. The Hall–Kier alpha value is -1.59. The first-order chi connectivity index (χ1) is 10.8. The van der Waals surface area contributed by atoms with Crippen LogP contribution in [0.25, 0.3) is 0 Å². The predicted molar refractivity (Wildman–Crippen MR) is 85.5 cm³/mol. The number of esters is 3. The molecule has 0 aromatic heterocycles. The van der Waals surface area contributed by atoms with Crippen LogP contribution < -0.4 is 0 Å². The average molecular weight is 330 g/mol. The van der Waals surface area contributed by atoms with Gasteiger partial charge in [0.25, 0.3) is 0 Å². The average Bonchev–Trinajstić information content (AvgIpc) is 2.51. The van der Waals surface area contributed by atoms with Crippen molar-refractivity contribution in [1.29, 1.82) is 0 Å². The smallest absolute Gasteiger partial charge is 0.308 e. The van der Waals surface area contributed by atoms with Crippen molar-refractivity contribution >= 4 is 17.9 Å². The van der Waals surface area contributed by atoms with Gasteiger partial charge in [0.15, 0.2) is 0 Å².